The van der Waals surface area contributed by atoms with Crippen molar-refractivity contribution in [3.05, 3.63) is 34.3 Å². The number of benzene rings is 1. The fraction of sp³-hybridized carbons (Fsp3) is 0.462. The number of Topliss-reactive ketones (excluding diaryl/α,β-unsaturated/α-hetero) is 1. The largest absolute Gasteiger partial charge is 0.374 e. The molecule has 0 saturated heterocycles. The summed E-state index contributed by atoms with van der Waals surface area (Å²) in [6, 6.07) is 8.14. The number of halogens is 1. The van der Waals surface area contributed by atoms with Crippen molar-refractivity contribution in [3.8, 4) is 0 Å². The van der Waals surface area contributed by atoms with Crippen molar-refractivity contribution in [2.24, 2.45) is 0 Å². The van der Waals surface area contributed by atoms with Crippen LogP contribution in [0.1, 0.15) is 31.2 Å². The standard InChI is InChI=1S/C13H15BrO2/c14-11-3-1-10(2-4-11)9-16-13-7-5-12(15)6-8-13/h1-4,13H,5-9H2. The van der Waals surface area contributed by atoms with Crippen molar-refractivity contribution < 1.29 is 9.53 Å². The lowest BCUT2D eigenvalue weighted by Gasteiger charge is -2.21. The molecule has 0 heterocycles. The van der Waals surface area contributed by atoms with Crippen LogP contribution in [0.5, 0.6) is 0 Å². The molecule has 0 aromatic heterocycles. The van der Waals surface area contributed by atoms with Crippen LogP contribution in [-0.4, -0.2) is 11.9 Å². The molecule has 1 aromatic rings. The van der Waals surface area contributed by atoms with Gasteiger partial charge in [-0.2, -0.15) is 0 Å². The van der Waals surface area contributed by atoms with E-state index < -0.39 is 0 Å². The molecule has 1 aliphatic carbocycles. The van der Waals surface area contributed by atoms with Gasteiger partial charge in [-0.3, -0.25) is 4.79 Å². The Morgan fingerprint density at radius 1 is 1.19 bits per heavy atom. The number of carbonyl (C=O) groups excluding carboxylic acids is 1. The van der Waals surface area contributed by atoms with Crippen molar-refractivity contribution in [2.75, 3.05) is 0 Å². The first-order chi connectivity index (χ1) is 7.74. The second-order valence-corrected chi connectivity index (χ2v) is 5.09. The summed E-state index contributed by atoms with van der Waals surface area (Å²) >= 11 is 3.40. The molecule has 0 bridgehead atoms. The van der Waals surface area contributed by atoms with Crippen molar-refractivity contribution in [1.82, 2.24) is 0 Å². The summed E-state index contributed by atoms with van der Waals surface area (Å²) in [5, 5.41) is 0. The summed E-state index contributed by atoms with van der Waals surface area (Å²) in [5.74, 6) is 0.378. The van der Waals surface area contributed by atoms with Gasteiger partial charge in [-0.1, -0.05) is 28.1 Å². The molecule has 0 radical (unpaired) electrons. The van der Waals surface area contributed by atoms with Crippen LogP contribution < -0.4 is 0 Å². The van der Waals surface area contributed by atoms with Gasteiger partial charge >= 0.3 is 0 Å². The highest BCUT2D eigenvalue weighted by Crippen LogP contribution is 2.19. The summed E-state index contributed by atoms with van der Waals surface area (Å²) in [5.41, 5.74) is 1.18. The van der Waals surface area contributed by atoms with Gasteiger partial charge in [0.2, 0.25) is 0 Å². The van der Waals surface area contributed by atoms with E-state index in [4.69, 9.17) is 4.74 Å². The van der Waals surface area contributed by atoms with Crippen LogP contribution in [0, 0.1) is 0 Å². The van der Waals surface area contributed by atoms with Crippen molar-refractivity contribution >= 4 is 21.7 Å². The van der Waals surface area contributed by atoms with E-state index in [1.807, 2.05) is 12.1 Å². The van der Waals surface area contributed by atoms with Gasteiger partial charge in [0, 0.05) is 17.3 Å². The monoisotopic (exact) mass is 282 g/mol. The zero-order valence-corrected chi connectivity index (χ0v) is 10.7. The fourth-order valence-electron chi connectivity index (χ4n) is 1.87. The minimum absolute atomic E-state index is 0.265. The summed E-state index contributed by atoms with van der Waals surface area (Å²) in [6.45, 7) is 0.645. The first-order valence-electron chi connectivity index (χ1n) is 5.62. The SMILES string of the molecule is O=C1CCC(OCc2ccc(Br)cc2)CC1. The Hall–Kier alpha value is -0.670. The average Bonchev–Trinajstić information content (AvgIpc) is 2.30. The molecule has 2 rings (SSSR count). The van der Waals surface area contributed by atoms with Crippen LogP contribution in [0.4, 0.5) is 0 Å². The Morgan fingerprint density at radius 3 is 2.44 bits per heavy atom. The molecule has 0 N–H and O–H groups in total. The maximum atomic E-state index is 11.1. The van der Waals surface area contributed by atoms with Crippen molar-refractivity contribution in [2.45, 2.75) is 38.4 Å². The van der Waals surface area contributed by atoms with E-state index in [9.17, 15) is 4.79 Å². The zero-order chi connectivity index (χ0) is 11.4. The van der Waals surface area contributed by atoms with Crippen molar-refractivity contribution in [1.29, 1.82) is 0 Å². The second kappa shape index (κ2) is 5.60. The highest BCUT2D eigenvalue weighted by molar-refractivity contribution is 9.10. The lowest BCUT2D eigenvalue weighted by molar-refractivity contribution is -0.123. The number of hydrogen-bond donors (Lipinski definition) is 0. The third-order valence-corrected chi connectivity index (χ3v) is 3.42. The van der Waals surface area contributed by atoms with Gasteiger partial charge < -0.3 is 4.74 Å². The number of rotatable bonds is 3. The minimum Gasteiger partial charge on any atom is -0.374 e. The van der Waals surface area contributed by atoms with Gasteiger partial charge in [-0.15, -0.1) is 0 Å². The lowest BCUT2D eigenvalue weighted by Crippen LogP contribution is -2.21. The topological polar surface area (TPSA) is 26.3 Å². The molecule has 0 amide bonds. The number of ketones is 1. The van der Waals surface area contributed by atoms with Gasteiger partial charge in [0.25, 0.3) is 0 Å². The highest BCUT2D eigenvalue weighted by atomic mass is 79.9. The Labute approximate surface area is 104 Å². The van der Waals surface area contributed by atoms with E-state index in [-0.39, 0.29) is 6.10 Å². The van der Waals surface area contributed by atoms with E-state index in [1.54, 1.807) is 0 Å². The van der Waals surface area contributed by atoms with E-state index >= 15 is 0 Å². The first-order valence-corrected chi connectivity index (χ1v) is 6.41. The van der Waals surface area contributed by atoms with Gasteiger partial charge in [0.1, 0.15) is 5.78 Å². The molecule has 1 aromatic carbocycles. The van der Waals surface area contributed by atoms with Crippen LogP contribution in [-0.2, 0) is 16.1 Å². The van der Waals surface area contributed by atoms with Crippen LogP contribution in [0.3, 0.4) is 0 Å². The third-order valence-electron chi connectivity index (χ3n) is 2.89. The molecule has 86 valence electrons. The minimum atomic E-state index is 0.265. The van der Waals surface area contributed by atoms with E-state index in [0.29, 0.717) is 25.2 Å². The molecular weight excluding hydrogens is 268 g/mol. The molecule has 1 saturated carbocycles. The molecular formula is C13H15BrO2. The predicted molar refractivity (Wildman–Crippen MR) is 66.2 cm³/mol. The maximum absolute atomic E-state index is 11.1. The van der Waals surface area contributed by atoms with Gasteiger partial charge in [0.05, 0.1) is 12.7 Å². The quantitative estimate of drug-likeness (QED) is 0.849. The summed E-state index contributed by atoms with van der Waals surface area (Å²) < 4.78 is 6.87. The van der Waals surface area contributed by atoms with Crippen LogP contribution in [0.2, 0.25) is 0 Å². The fourth-order valence-corrected chi connectivity index (χ4v) is 2.14. The molecule has 0 unspecified atom stereocenters. The Balaban J connectivity index is 1.79. The van der Waals surface area contributed by atoms with E-state index in [0.717, 1.165) is 17.3 Å². The normalized spacial score (nSPS) is 17.7. The highest BCUT2D eigenvalue weighted by Gasteiger charge is 2.18. The van der Waals surface area contributed by atoms with Crippen LogP contribution in [0.15, 0.2) is 28.7 Å². The number of hydrogen-bond acceptors (Lipinski definition) is 2. The Morgan fingerprint density at radius 2 is 1.81 bits per heavy atom. The molecule has 0 spiro atoms. The summed E-state index contributed by atoms with van der Waals surface area (Å²) in [4.78, 5) is 11.1. The average molecular weight is 283 g/mol. The maximum Gasteiger partial charge on any atom is 0.133 e. The molecule has 16 heavy (non-hydrogen) atoms. The van der Waals surface area contributed by atoms with Crippen LogP contribution in [0.25, 0.3) is 0 Å². The van der Waals surface area contributed by atoms with Crippen molar-refractivity contribution in [3.63, 3.8) is 0 Å². The van der Waals surface area contributed by atoms with Gasteiger partial charge in [-0.05, 0) is 30.5 Å². The number of carbonyl (C=O) groups is 1. The predicted octanol–water partition coefficient (Wildman–Crippen LogP) is 3.48. The second-order valence-electron chi connectivity index (χ2n) is 4.18. The van der Waals surface area contributed by atoms with E-state index in [2.05, 4.69) is 28.1 Å². The molecule has 0 aliphatic heterocycles. The first kappa shape index (κ1) is 11.8. The Kier molecular flexibility index (Phi) is 4.13. The summed E-state index contributed by atoms with van der Waals surface area (Å²) in [7, 11) is 0. The van der Waals surface area contributed by atoms with Gasteiger partial charge in [0.15, 0.2) is 0 Å². The smallest absolute Gasteiger partial charge is 0.133 e. The third kappa shape index (κ3) is 3.42. The summed E-state index contributed by atoms with van der Waals surface area (Å²) in [6.07, 6.45) is 3.40. The van der Waals surface area contributed by atoms with E-state index in [1.165, 1.54) is 5.56 Å². The van der Waals surface area contributed by atoms with Crippen LogP contribution >= 0.6 is 15.9 Å². The zero-order valence-electron chi connectivity index (χ0n) is 9.12. The number of ether oxygens (including phenoxy) is 1. The Bertz CT molecular complexity index is 349. The molecule has 1 fully saturated rings. The lowest BCUT2D eigenvalue weighted by atomic mass is 9.96. The molecule has 3 heteroatoms. The molecule has 1 aliphatic rings. The molecule has 2 nitrogen and oxygen atoms in total. The van der Waals surface area contributed by atoms with Gasteiger partial charge in [-0.25, -0.2) is 0 Å². The molecule has 0 atom stereocenters.